The Bertz CT molecular complexity index is 1030. The largest absolute Gasteiger partial charge is 0.496 e. The van der Waals surface area contributed by atoms with E-state index in [1.165, 1.54) is 21.9 Å². The van der Waals surface area contributed by atoms with Gasteiger partial charge in [0.1, 0.15) is 11.5 Å². The summed E-state index contributed by atoms with van der Waals surface area (Å²) in [7, 11) is 3.47. The van der Waals surface area contributed by atoms with Gasteiger partial charge in [0.05, 0.1) is 14.2 Å². The standard InChI is InChI=1S/C24H22O2/c1-15-13-21(17-9-5-7-11-19(17)23(15)25-3)22-14-16(2)24(26-4)20-12-8-6-10-18(20)22/h5-14H,1-4H3. The maximum Gasteiger partial charge on any atom is 0.129 e. The van der Waals surface area contributed by atoms with E-state index in [-0.39, 0.29) is 0 Å². The molecule has 0 saturated heterocycles. The molecule has 0 saturated carbocycles. The fourth-order valence-electron chi connectivity index (χ4n) is 3.96. The molecule has 4 rings (SSSR count). The minimum absolute atomic E-state index is 0.943. The lowest BCUT2D eigenvalue weighted by Crippen LogP contribution is -1.94. The molecule has 0 aliphatic heterocycles. The number of hydrogen-bond acceptors (Lipinski definition) is 2. The van der Waals surface area contributed by atoms with Crippen LogP contribution in [-0.2, 0) is 0 Å². The van der Waals surface area contributed by atoms with Crippen molar-refractivity contribution in [3.63, 3.8) is 0 Å². The highest BCUT2D eigenvalue weighted by Gasteiger charge is 2.16. The zero-order valence-corrected chi connectivity index (χ0v) is 15.6. The van der Waals surface area contributed by atoms with Crippen molar-refractivity contribution in [1.82, 2.24) is 0 Å². The summed E-state index contributed by atoms with van der Waals surface area (Å²) in [5, 5.41) is 4.68. The van der Waals surface area contributed by atoms with Crippen LogP contribution in [0.1, 0.15) is 11.1 Å². The molecule has 0 heterocycles. The van der Waals surface area contributed by atoms with E-state index in [9.17, 15) is 0 Å². The van der Waals surface area contributed by atoms with Crippen molar-refractivity contribution in [1.29, 1.82) is 0 Å². The molecule has 0 aliphatic rings. The molecule has 0 N–H and O–H groups in total. The fourth-order valence-corrected chi connectivity index (χ4v) is 3.96. The lowest BCUT2D eigenvalue weighted by molar-refractivity contribution is 0.416. The van der Waals surface area contributed by atoms with Gasteiger partial charge in [-0.15, -0.1) is 0 Å². The lowest BCUT2D eigenvalue weighted by Gasteiger charge is -2.17. The molecule has 4 aromatic carbocycles. The topological polar surface area (TPSA) is 18.5 Å². The van der Waals surface area contributed by atoms with Crippen LogP contribution in [0.4, 0.5) is 0 Å². The third kappa shape index (κ3) is 2.41. The molecule has 0 bridgehead atoms. The highest BCUT2D eigenvalue weighted by molar-refractivity contribution is 6.09. The van der Waals surface area contributed by atoms with Crippen LogP contribution in [0.25, 0.3) is 32.7 Å². The molecule has 4 aromatic rings. The zero-order valence-electron chi connectivity index (χ0n) is 15.6. The molecule has 0 spiro atoms. The summed E-state index contributed by atoms with van der Waals surface area (Å²) in [4.78, 5) is 0. The van der Waals surface area contributed by atoms with E-state index in [2.05, 4.69) is 74.5 Å². The summed E-state index contributed by atoms with van der Waals surface area (Å²) < 4.78 is 11.4. The van der Waals surface area contributed by atoms with Crippen molar-refractivity contribution in [2.45, 2.75) is 13.8 Å². The highest BCUT2D eigenvalue weighted by atomic mass is 16.5. The number of fused-ring (bicyclic) bond motifs is 2. The van der Waals surface area contributed by atoms with Gasteiger partial charge in [-0.2, -0.15) is 0 Å². The Labute approximate surface area is 154 Å². The molecule has 0 fully saturated rings. The zero-order chi connectivity index (χ0) is 18.3. The van der Waals surface area contributed by atoms with E-state index in [4.69, 9.17) is 9.47 Å². The molecular weight excluding hydrogens is 320 g/mol. The van der Waals surface area contributed by atoms with Crippen molar-refractivity contribution in [3.05, 3.63) is 71.8 Å². The Morgan fingerprint density at radius 3 is 1.23 bits per heavy atom. The molecular formula is C24H22O2. The van der Waals surface area contributed by atoms with E-state index < -0.39 is 0 Å². The molecule has 2 nitrogen and oxygen atoms in total. The Hall–Kier alpha value is -3.00. The first-order valence-corrected chi connectivity index (χ1v) is 8.78. The average molecular weight is 342 g/mol. The van der Waals surface area contributed by atoms with Gasteiger partial charge < -0.3 is 9.47 Å². The van der Waals surface area contributed by atoms with E-state index in [0.29, 0.717) is 0 Å². The van der Waals surface area contributed by atoms with Gasteiger partial charge in [-0.3, -0.25) is 0 Å². The first kappa shape index (κ1) is 16.5. The molecule has 0 amide bonds. The summed E-state index contributed by atoms with van der Waals surface area (Å²) in [6.45, 7) is 4.21. The second kappa shape index (κ2) is 6.38. The van der Waals surface area contributed by atoms with Crippen LogP contribution in [0, 0.1) is 13.8 Å². The maximum atomic E-state index is 5.68. The Morgan fingerprint density at radius 2 is 0.885 bits per heavy atom. The Kier molecular flexibility index (Phi) is 4.04. The third-order valence-corrected chi connectivity index (χ3v) is 5.06. The number of benzene rings is 4. The maximum absolute atomic E-state index is 5.68. The number of rotatable bonds is 3. The smallest absolute Gasteiger partial charge is 0.129 e. The number of methoxy groups -OCH3 is 2. The van der Waals surface area contributed by atoms with E-state index in [1.807, 2.05) is 0 Å². The van der Waals surface area contributed by atoms with Crippen molar-refractivity contribution < 1.29 is 9.47 Å². The second-order valence-electron chi connectivity index (χ2n) is 6.64. The second-order valence-corrected chi connectivity index (χ2v) is 6.64. The molecule has 0 aromatic heterocycles. The van der Waals surface area contributed by atoms with E-state index in [1.54, 1.807) is 14.2 Å². The van der Waals surface area contributed by atoms with Crippen LogP contribution in [0.15, 0.2) is 60.7 Å². The normalized spacial score (nSPS) is 11.1. The Balaban J connectivity index is 2.15. The van der Waals surface area contributed by atoms with Gasteiger partial charge in [0.2, 0.25) is 0 Å². The number of aryl methyl sites for hydroxylation is 2. The van der Waals surface area contributed by atoms with Crippen molar-refractivity contribution in [2.75, 3.05) is 14.2 Å². The quantitative estimate of drug-likeness (QED) is 0.435. The molecule has 2 heteroatoms. The first-order chi connectivity index (χ1) is 12.7. The summed E-state index contributed by atoms with van der Waals surface area (Å²) in [6, 6.07) is 21.3. The number of hydrogen-bond donors (Lipinski definition) is 0. The number of ether oxygens (including phenoxy) is 2. The molecule has 26 heavy (non-hydrogen) atoms. The van der Waals surface area contributed by atoms with Crippen LogP contribution in [0.5, 0.6) is 11.5 Å². The minimum Gasteiger partial charge on any atom is -0.496 e. The predicted octanol–water partition coefficient (Wildman–Crippen LogP) is 6.29. The van der Waals surface area contributed by atoms with Gasteiger partial charge in [-0.1, -0.05) is 48.5 Å². The molecule has 0 atom stereocenters. The fraction of sp³-hybridized carbons (Fsp3) is 0.167. The van der Waals surface area contributed by atoms with Crippen molar-refractivity contribution in [3.8, 4) is 22.6 Å². The first-order valence-electron chi connectivity index (χ1n) is 8.78. The van der Waals surface area contributed by atoms with Crippen LogP contribution in [0.3, 0.4) is 0 Å². The summed E-state index contributed by atoms with van der Waals surface area (Å²) in [6.07, 6.45) is 0. The monoisotopic (exact) mass is 342 g/mol. The molecule has 130 valence electrons. The average Bonchev–Trinajstić information content (AvgIpc) is 2.67. The van der Waals surface area contributed by atoms with Crippen molar-refractivity contribution in [2.24, 2.45) is 0 Å². The van der Waals surface area contributed by atoms with Crippen LogP contribution in [-0.4, -0.2) is 14.2 Å². The SMILES string of the molecule is COc1c(C)cc(-c2cc(C)c(OC)c3ccccc23)c2ccccc12. The van der Waals surface area contributed by atoms with Crippen molar-refractivity contribution >= 4 is 21.5 Å². The summed E-state index contributed by atoms with van der Waals surface area (Å²) >= 11 is 0. The van der Waals surface area contributed by atoms with Crippen LogP contribution < -0.4 is 9.47 Å². The van der Waals surface area contributed by atoms with Gasteiger partial charge in [0, 0.05) is 10.8 Å². The van der Waals surface area contributed by atoms with E-state index in [0.717, 1.165) is 33.4 Å². The van der Waals surface area contributed by atoms with Gasteiger partial charge in [0.25, 0.3) is 0 Å². The summed E-state index contributed by atoms with van der Waals surface area (Å²) in [5.41, 5.74) is 4.72. The Morgan fingerprint density at radius 1 is 0.538 bits per heavy atom. The lowest BCUT2D eigenvalue weighted by atomic mass is 9.90. The molecule has 0 unspecified atom stereocenters. The minimum atomic E-state index is 0.943. The van der Waals surface area contributed by atoms with E-state index >= 15 is 0 Å². The highest BCUT2D eigenvalue weighted by Crippen LogP contribution is 2.42. The van der Waals surface area contributed by atoms with Gasteiger partial charge in [-0.25, -0.2) is 0 Å². The summed E-state index contributed by atoms with van der Waals surface area (Å²) in [5.74, 6) is 1.89. The predicted molar refractivity (Wildman–Crippen MR) is 109 cm³/mol. The molecule has 0 aliphatic carbocycles. The van der Waals surface area contributed by atoms with Crippen LogP contribution >= 0.6 is 0 Å². The third-order valence-electron chi connectivity index (χ3n) is 5.06. The van der Waals surface area contributed by atoms with Gasteiger partial charge in [0.15, 0.2) is 0 Å². The molecule has 0 radical (unpaired) electrons. The van der Waals surface area contributed by atoms with Gasteiger partial charge >= 0.3 is 0 Å². The van der Waals surface area contributed by atoms with Gasteiger partial charge in [-0.05, 0) is 59.0 Å². The van der Waals surface area contributed by atoms with Crippen LogP contribution in [0.2, 0.25) is 0 Å².